The predicted octanol–water partition coefficient (Wildman–Crippen LogP) is 2.81. The zero-order valence-corrected chi connectivity index (χ0v) is 10.5. The molecule has 0 spiro atoms. The third kappa shape index (κ3) is 2.30. The summed E-state index contributed by atoms with van der Waals surface area (Å²) in [4.78, 5) is 10.5. The van der Waals surface area contributed by atoms with Crippen LogP contribution in [0.2, 0.25) is 0 Å². The van der Waals surface area contributed by atoms with Gasteiger partial charge in [-0.25, -0.2) is 9.97 Å². The highest BCUT2D eigenvalue weighted by Crippen LogP contribution is 2.24. The van der Waals surface area contributed by atoms with Crippen molar-refractivity contribution in [2.75, 3.05) is 11.4 Å². The molecule has 0 radical (unpaired) electrons. The van der Waals surface area contributed by atoms with Gasteiger partial charge >= 0.3 is 0 Å². The van der Waals surface area contributed by atoms with Crippen molar-refractivity contribution >= 4 is 11.6 Å². The molecule has 1 heterocycles. The van der Waals surface area contributed by atoms with Crippen LogP contribution in [0, 0.1) is 18.3 Å². The minimum absolute atomic E-state index is 0.382. The van der Waals surface area contributed by atoms with Gasteiger partial charge in [-0.15, -0.1) is 0 Å². The molecule has 0 aliphatic heterocycles. The quantitative estimate of drug-likeness (QED) is 0.825. The van der Waals surface area contributed by atoms with Crippen molar-refractivity contribution in [1.29, 1.82) is 5.26 Å². The van der Waals surface area contributed by atoms with Crippen LogP contribution in [-0.4, -0.2) is 16.5 Å². The molecule has 0 fully saturated rings. The van der Waals surface area contributed by atoms with E-state index in [-0.39, 0.29) is 0 Å². The van der Waals surface area contributed by atoms with Crippen LogP contribution < -0.4 is 4.90 Å². The third-order valence-electron chi connectivity index (χ3n) is 2.72. The number of rotatable bonds is 3. The van der Waals surface area contributed by atoms with Crippen LogP contribution >= 0.6 is 0 Å². The maximum Gasteiger partial charge on any atom is 0.231 e. The fourth-order valence-corrected chi connectivity index (χ4v) is 1.83. The van der Waals surface area contributed by atoms with Crippen LogP contribution in [0.5, 0.6) is 0 Å². The maximum atomic E-state index is 8.88. The molecule has 0 aliphatic rings. The maximum absolute atomic E-state index is 8.88. The van der Waals surface area contributed by atoms with Crippen LogP contribution in [0.3, 0.4) is 0 Å². The fraction of sp³-hybridized carbons (Fsp3) is 0.214. The summed E-state index contributed by atoms with van der Waals surface area (Å²) in [5.41, 5.74) is 2.60. The van der Waals surface area contributed by atoms with E-state index in [1.54, 1.807) is 12.3 Å². The number of nitriles is 1. The molecule has 1 aromatic carbocycles. The fourth-order valence-electron chi connectivity index (χ4n) is 1.83. The molecule has 0 amide bonds. The van der Waals surface area contributed by atoms with E-state index >= 15 is 0 Å². The second-order valence-electron chi connectivity index (χ2n) is 3.88. The van der Waals surface area contributed by atoms with Crippen molar-refractivity contribution in [3.05, 3.63) is 47.8 Å². The summed E-state index contributed by atoms with van der Waals surface area (Å²) in [5.74, 6) is 0.561. The Morgan fingerprint density at radius 1 is 1.28 bits per heavy atom. The average molecular weight is 238 g/mol. The highest BCUT2D eigenvalue weighted by Gasteiger charge is 2.12. The summed E-state index contributed by atoms with van der Waals surface area (Å²) in [6, 6.07) is 11.7. The van der Waals surface area contributed by atoms with Crippen LogP contribution in [0.15, 0.2) is 36.5 Å². The molecule has 90 valence electrons. The number of benzene rings is 1. The van der Waals surface area contributed by atoms with Gasteiger partial charge in [0.2, 0.25) is 5.95 Å². The largest absolute Gasteiger partial charge is 0.311 e. The lowest BCUT2D eigenvalue weighted by Gasteiger charge is -2.22. The lowest BCUT2D eigenvalue weighted by molar-refractivity contribution is 0.936. The van der Waals surface area contributed by atoms with Gasteiger partial charge in [-0.1, -0.05) is 18.2 Å². The number of nitrogens with zero attached hydrogens (tertiary/aromatic N) is 4. The Labute approximate surface area is 107 Å². The molecule has 0 saturated heterocycles. The van der Waals surface area contributed by atoms with Crippen LogP contribution in [-0.2, 0) is 0 Å². The van der Waals surface area contributed by atoms with E-state index in [2.05, 4.69) is 9.97 Å². The number of aryl methyl sites for hydroxylation is 1. The molecule has 0 unspecified atom stereocenters. The zero-order chi connectivity index (χ0) is 13.0. The van der Waals surface area contributed by atoms with Crippen LogP contribution in [0.4, 0.5) is 11.6 Å². The third-order valence-corrected chi connectivity index (χ3v) is 2.72. The van der Waals surface area contributed by atoms with E-state index in [0.29, 0.717) is 11.6 Å². The molecule has 0 saturated carbocycles. The van der Waals surface area contributed by atoms with Crippen molar-refractivity contribution < 1.29 is 0 Å². The first-order valence-corrected chi connectivity index (χ1v) is 5.82. The highest BCUT2D eigenvalue weighted by atomic mass is 15.2. The predicted molar refractivity (Wildman–Crippen MR) is 70.6 cm³/mol. The Morgan fingerprint density at radius 3 is 2.72 bits per heavy atom. The molecular weight excluding hydrogens is 224 g/mol. The van der Waals surface area contributed by atoms with Gasteiger partial charge in [-0.3, -0.25) is 0 Å². The van der Waals surface area contributed by atoms with Crippen LogP contribution in [0.25, 0.3) is 0 Å². The van der Waals surface area contributed by atoms with Gasteiger partial charge in [0.1, 0.15) is 11.8 Å². The monoisotopic (exact) mass is 238 g/mol. The molecule has 0 atom stereocenters. The zero-order valence-electron chi connectivity index (χ0n) is 10.5. The summed E-state index contributed by atoms with van der Waals surface area (Å²) >= 11 is 0. The van der Waals surface area contributed by atoms with E-state index < -0.39 is 0 Å². The standard InChI is InChI=1S/C14H14N4/c1-3-18(13-7-5-4-6-11(13)2)14-16-9-8-12(10-15)17-14/h4-9H,3H2,1-2H3. The van der Waals surface area contributed by atoms with Crippen LogP contribution in [0.1, 0.15) is 18.2 Å². The molecule has 2 aromatic rings. The Balaban J connectivity index is 2.46. The molecule has 4 heteroatoms. The van der Waals surface area contributed by atoms with Crippen molar-refractivity contribution in [2.45, 2.75) is 13.8 Å². The van der Waals surface area contributed by atoms with Gasteiger partial charge in [0, 0.05) is 18.4 Å². The molecule has 1 aromatic heterocycles. The highest BCUT2D eigenvalue weighted by molar-refractivity contribution is 5.61. The molecule has 18 heavy (non-hydrogen) atoms. The number of para-hydroxylation sites is 1. The Morgan fingerprint density at radius 2 is 2.06 bits per heavy atom. The van der Waals surface area contributed by atoms with E-state index in [9.17, 15) is 0 Å². The second-order valence-corrected chi connectivity index (χ2v) is 3.88. The van der Waals surface area contributed by atoms with Gasteiger partial charge in [-0.05, 0) is 31.5 Å². The van der Waals surface area contributed by atoms with Gasteiger partial charge in [0.05, 0.1) is 0 Å². The van der Waals surface area contributed by atoms with Crippen molar-refractivity contribution in [2.24, 2.45) is 0 Å². The van der Waals surface area contributed by atoms with E-state index in [1.807, 2.05) is 49.1 Å². The molecular formula is C14H14N4. The molecule has 0 aliphatic carbocycles. The van der Waals surface area contributed by atoms with E-state index in [4.69, 9.17) is 5.26 Å². The Kier molecular flexibility index (Phi) is 3.54. The smallest absolute Gasteiger partial charge is 0.231 e. The number of anilines is 2. The second kappa shape index (κ2) is 5.28. The summed E-state index contributed by atoms with van der Waals surface area (Å²) < 4.78 is 0. The molecule has 0 N–H and O–H groups in total. The molecule has 2 rings (SSSR count). The summed E-state index contributed by atoms with van der Waals surface area (Å²) in [6.07, 6.45) is 1.61. The van der Waals surface area contributed by atoms with E-state index in [1.165, 1.54) is 0 Å². The molecule has 4 nitrogen and oxygen atoms in total. The van der Waals surface area contributed by atoms with Gasteiger partial charge in [0.25, 0.3) is 0 Å². The summed E-state index contributed by atoms with van der Waals surface area (Å²) in [6.45, 7) is 4.83. The minimum atomic E-state index is 0.382. The number of aromatic nitrogens is 2. The van der Waals surface area contributed by atoms with Crippen molar-refractivity contribution in [3.8, 4) is 6.07 Å². The number of hydrogen-bond acceptors (Lipinski definition) is 4. The normalized spacial score (nSPS) is 9.83. The first-order valence-electron chi connectivity index (χ1n) is 5.82. The Bertz CT molecular complexity index is 586. The average Bonchev–Trinajstić information content (AvgIpc) is 2.42. The first-order chi connectivity index (χ1) is 8.76. The Hall–Kier alpha value is -2.41. The van der Waals surface area contributed by atoms with Gasteiger partial charge in [-0.2, -0.15) is 5.26 Å². The summed E-state index contributed by atoms with van der Waals surface area (Å²) in [5, 5.41) is 8.88. The SMILES string of the molecule is CCN(c1nccc(C#N)n1)c1ccccc1C. The molecule has 0 bridgehead atoms. The lowest BCUT2D eigenvalue weighted by Crippen LogP contribution is -2.19. The summed E-state index contributed by atoms with van der Waals surface area (Å²) in [7, 11) is 0. The van der Waals surface area contributed by atoms with E-state index in [0.717, 1.165) is 17.8 Å². The van der Waals surface area contributed by atoms with Gasteiger partial charge < -0.3 is 4.90 Å². The first kappa shape index (κ1) is 12.1. The van der Waals surface area contributed by atoms with Crippen molar-refractivity contribution in [3.63, 3.8) is 0 Å². The van der Waals surface area contributed by atoms with Gasteiger partial charge in [0.15, 0.2) is 0 Å². The van der Waals surface area contributed by atoms with Crippen molar-refractivity contribution in [1.82, 2.24) is 9.97 Å². The topological polar surface area (TPSA) is 52.8 Å². The lowest BCUT2D eigenvalue weighted by atomic mass is 10.2. The minimum Gasteiger partial charge on any atom is -0.311 e. The number of hydrogen-bond donors (Lipinski definition) is 0.